The highest BCUT2D eigenvalue weighted by molar-refractivity contribution is 5.25. The first kappa shape index (κ1) is 10.7. The van der Waals surface area contributed by atoms with E-state index in [1.54, 1.807) is 0 Å². The first-order valence-corrected chi connectivity index (χ1v) is 5.78. The molecule has 1 saturated heterocycles. The minimum atomic E-state index is 0.378. The lowest BCUT2D eigenvalue weighted by Gasteiger charge is -2.31. The Balaban J connectivity index is 1.99. The van der Waals surface area contributed by atoms with Crippen LogP contribution >= 0.6 is 0 Å². The number of rotatable bonds is 2. The highest BCUT2D eigenvalue weighted by Gasteiger charge is 2.16. The van der Waals surface area contributed by atoms with Crippen molar-refractivity contribution in [3.8, 4) is 0 Å². The maximum atomic E-state index is 5.98. The van der Waals surface area contributed by atoms with Crippen molar-refractivity contribution in [1.29, 1.82) is 0 Å². The summed E-state index contributed by atoms with van der Waals surface area (Å²) in [5.41, 5.74) is 8.80. The van der Waals surface area contributed by atoms with E-state index >= 15 is 0 Å². The van der Waals surface area contributed by atoms with Crippen molar-refractivity contribution in [2.45, 2.75) is 32.4 Å². The number of aryl methyl sites for hydroxylation is 1. The van der Waals surface area contributed by atoms with E-state index in [9.17, 15) is 0 Å². The summed E-state index contributed by atoms with van der Waals surface area (Å²) in [5, 5.41) is 0. The standard InChI is InChI=1S/C13H20N2/c1-11-5-2-3-6-12(11)9-15-8-4-7-13(14)10-15/h2-3,5-6,13H,4,7-10,14H2,1H3. The molecular formula is C13H20N2. The average Bonchev–Trinajstić information content (AvgIpc) is 2.22. The fraction of sp³-hybridized carbons (Fsp3) is 0.538. The smallest absolute Gasteiger partial charge is 0.0237 e. The number of piperidine rings is 1. The van der Waals surface area contributed by atoms with Crippen molar-refractivity contribution in [3.05, 3.63) is 35.4 Å². The molecule has 2 heteroatoms. The van der Waals surface area contributed by atoms with E-state index in [2.05, 4.69) is 36.1 Å². The number of hydrogen-bond donors (Lipinski definition) is 1. The lowest BCUT2D eigenvalue weighted by molar-refractivity contribution is 0.201. The molecule has 2 rings (SSSR count). The van der Waals surface area contributed by atoms with Crippen molar-refractivity contribution < 1.29 is 0 Å². The molecule has 0 saturated carbocycles. The van der Waals surface area contributed by atoms with Gasteiger partial charge in [0.05, 0.1) is 0 Å². The molecule has 1 aromatic carbocycles. The first-order valence-electron chi connectivity index (χ1n) is 5.78. The van der Waals surface area contributed by atoms with Gasteiger partial charge in [0.1, 0.15) is 0 Å². The van der Waals surface area contributed by atoms with Crippen LogP contribution in [-0.2, 0) is 6.54 Å². The van der Waals surface area contributed by atoms with E-state index in [1.807, 2.05) is 0 Å². The number of likely N-dealkylation sites (tertiary alicyclic amines) is 1. The van der Waals surface area contributed by atoms with Crippen LogP contribution in [0.4, 0.5) is 0 Å². The minimum Gasteiger partial charge on any atom is -0.327 e. The van der Waals surface area contributed by atoms with Crippen molar-refractivity contribution in [3.63, 3.8) is 0 Å². The molecule has 82 valence electrons. The van der Waals surface area contributed by atoms with Gasteiger partial charge in [-0.05, 0) is 37.4 Å². The van der Waals surface area contributed by atoms with Gasteiger partial charge >= 0.3 is 0 Å². The van der Waals surface area contributed by atoms with Crippen LogP contribution in [0.25, 0.3) is 0 Å². The van der Waals surface area contributed by atoms with Gasteiger partial charge in [-0.15, -0.1) is 0 Å². The molecular weight excluding hydrogens is 184 g/mol. The Morgan fingerprint density at radius 3 is 2.93 bits per heavy atom. The van der Waals surface area contributed by atoms with Crippen molar-refractivity contribution >= 4 is 0 Å². The molecule has 0 amide bonds. The Morgan fingerprint density at radius 2 is 2.20 bits per heavy atom. The highest BCUT2D eigenvalue weighted by Crippen LogP contribution is 2.14. The summed E-state index contributed by atoms with van der Waals surface area (Å²) >= 11 is 0. The van der Waals surface area contributed by atoms with Crippen LogP contribution in [0, 0.1) is 6.92 Å². The van der Waals surface area contributed by atoms with Crippen LogP contribution in [0.15, 0.2) is 24.3 Å². The second-order valence-corrected chi connectivity index (χ2v) is 4.56. The molecule has 1 aromatic rings. The lowest BCUT2D eigenvalue weighted by atomic mass is 10.0. The molecule has 0 aromatic heterocycles. The van der Waals surface area contributed by atoms with Gasteiger partial charge in [0.25, 0.3) is 0 Å². The average molecular weight is 204 g/mol. The largest absolute Gasteiger partial charge is 0.327 e. The maximum Gasteiger partial charge on any atom is 0.0237 e. The van der Waals surface area contributed by atoms with Gasteiger partial charge in [-0.1, -0.05) is 24.3 Å². The number of benzene rings is 1. The Labute approximate surface area is 92.1 Å². The van der Waals surface area contributed by atoms with E-state index in [0.29, 0.717) is 6.04 Å². The van der Waals surface area contributed by atoms with Gasteiger partial charge in [0, 0.05) is 19.1 Å². The summed E-state index contributed by atoms with van der Waals surface area (Å²) < 4.78 is 0. The molecule has 0 aliphatic carbocycles. The maximum absolute atomic E-state index is 5.98. The number of nitrogens with two attached hydrogens (primary N) is 1. The molecule has 0 radical (unpaired) electrons. The monoisotopic (exact) mass is 204 g/mol. The lowest BCUT2D eigenvalue weighted by Crippen LogP contribution is -2.42. The topological polar surface area (TPSA) is 29.3 Å². The second kappa shape index (κ2) is 4.77. The minimum absolute atomic E-state index is 0.378. The van der Waals surface area contributed by atoms with Crippen LogP contribution in [-0.4, -0.2) is 24.0 Å². The normalized spacial score (nSPS) is 22.9. The zero-order valence-corrected chi connectivity index (χ0v) is 9.45. The van der Waals surface area contributed by atoms with Gasteiger partial charge in [0.2, 0.25) is 0 Å². The summed E-state index contributed by atoms with van der Waals surface area (Å²) in [7, 11) is 0. The van der Waals surface area contributed by atoms with E-state index < -0.39 is 0 Å². The molecule has 0 spiro atoms. The van der Waals surface area contributed by atoms with Crippen LogP contribution in [0.5, 0.6) is 0 Å². The van der Waals surface area contributed by atoms with Gasteiger partial charge < -0.3 is 5.73 Å². The van der Waals surface area contributed by atoms with Crippen molar-refractivity contribution in [1.82, 2.24) is 4.90 Å². The molecule has 1 heterocycles. The summed E-state index contributed by atoms with van der Waals surface area (Å²) in [4.78, 5) is 2.47. The predicted octanol–water partition coefficient (Wildman–Crippen LogP) is 1.92. The third-order valence-electron chi connectivity index (χ3n) is 3.20. The molecule has 2 nitrogen and oxygen atoms in total. The van der Waals surface area contributed by atoms with Gasteiger partial charge in [-0.25, -0.2) is 0 Å². The summed E-state index contributed by atoms with van der Waals surface area (Å²) in [6, 6.07) is 8.99. The van der Waals surface area contributed by atoms with E-state index in [1.165, 1.54) is 30.5 Å². The third kappa shape index (κ3) is 2.80. The molecule has 1 fully saturated rings. The zero-order chi connectivity index (χ0) is 10.7. The zero-order valence-electron chi connectivity index (χ0n) is 9.45. The third-order valence-corrected chi connectivity index (χ3v) is 3.20. The molecule has 1 unspecified atom stereocenters. The Kier molecular flexibility index (Phi) is 3.39. The van der Waals surface area contributed by atoms with E-state index in [4.69, 9.17) is 5.73 Å². The predicted molar refractivity (Wildman–Crippen MR) is 63.7 cm³/mol. The number of hydrogen-bond acceptors (Lipinski definition) is 2. The summed E-state index contributed by atoms with van der Waals surface area (Å²) in [6.45, 7) is 5.48. The molecule has 15 heavy (non-hydrogen) atoms. The molecule has 1 atom stereocenters. The molecule has 1 aliphatic heterocycles. The van der Waals surface area contributed by atoms with Crippen molar-refractivity contribution in [2.24, 2.45) is 5.73 Å². The molecule has 1 aliphatic rings. The second-order valence-electron chi connectivity index (χ2n) is 4.56. The van der Waals surface area contributed by atoms with Crippen LogP contribution < -0.4 is 5.73 Å². The van der Waals surface area contributed by atoms with Crippen molar-refractivity contribution in [2.75, 3.05) is 13.1 Å². The van der Waals surface area contributed by atoms with E-state index in [0.717, 1.165) is 13.1 Å². The fourth-order valence-electron chi connectivity index (χ4n) is 2.26. The quantitative estimate of drug-likeness (QED) is 0.797. The molecule has 0 bridgehead atoms. The first-order chi connectivity index (χ1) is 7.25. The van der Waals surface area contributed by atoms with Gasteiger partial charge in [0.15, 0.2) is 0 Å². The SMILES string of the molecule is Cc1ccccc1CN1CCCC(N)C1. The van der Waals surface area contributed by atoms with Gasteiger partial charge in [-0.2, -0.15) is 0 Å². The van der Waals surface area contributed by atoms with Crippen LogP contribution in [0.3, 0.4) is 0 Å². The summed E-state index contributed by atoms with van der Waals surface area (Å²) in [5.74, 6) is 0. The van der Waals surface area contributed by atoms with Crippen LogP contribution in [0.1, 0.15) is 24.0 Å². The van der Waals surface area contributed by atoms with Gasteiger partial charge in [-0.3, -0.25) is 4.90 Å². The Hall–Kier alpha value is -0.860. The number of nitrogens with zero attached hydrogens (tertiary/aromatic N) is 1. The Bertz CT molecular complexity index is 322. The summed E-state index contributed by atoms with van der Waals surface area (Å²) in [6.07, 6.45) is 2.43. The van der Waals surface area contributed by atoms with Crippen LogP contribution in [0.2, 0.25) is 0 Å². The van der Waals surface area contributed by atoms with E-state index in [-0.39, 0.29) is 0 Å². The fourth-order valence-corrected chi connectivity index (χ4v) is 2.26. The molecule has 2 N–H and O–H groups in total. The highest BCUT2D eigenvalue weighted by atomic mass is 15.1. The Morgan fingerprint density at radius 1 is 1.40 bits per heavy atom.